The summed E-state index contributed by atoms with van der Waals surface area (Å²) in [7, 11) is 0. The van der Waals surface area contributed by atoms with Crippen LogP contribution in [-0.4, -0.2) is 37.2 Å². The first-order chi connectivity index (χ1) is 31.0. The normalized spacial score (nSPS) is 12.7. The Kier molecular flexibility index (Phi) is 48.5. The van der Waals surface area contributed by atoms with Crippen molar-refractivity contribution in [3.63, 3.8) is 0 Å². The first-order valence-electron chi connectivity index (χ1n) is 26.1. The van der Waals surface area contributed by atoms with E-state index in [0.29, 0.717) is 19.3 Å². The number of carbonyl (C=O) groups excluding carboxylic acids is 3. The first-order valence-corrected chi connectivity index (χ1v) is 26.1. The van der Waals surface area contributed by atoms with Crippen molar-refractivity contribution in [1.82, 2.24) is 0 Å². The molecule has 0 aliphatic carbocycles. The van der Waals surface area contributed by atoms with E-state index in [4.69, 9.17) is 14.2 Å². The van der Waals surface area contributed by atoms with Gasteiger partial charge in [0.1, 0.15) is 13.2 Å². The smallest absolute Gasteiger partial charge is 0.306 e. The largest absolute Gasteiger partial charge is 0.462 e. The van der Waals surface area contributed by atoms with Crippen molar-refractivity contribution in [2.24, 2.45) is 0 Å². The van der Waals surface area contributed by atoms with Crippen molar-refractivity contribution in [3.05, 3.63) is 85.1 Å². The summed E-state index contributed by atoms with van der Waals surface area (Å²) >= 11 is 0. The van der Waals surface area contributed by atoms with Crippen LogP contribution >= 0.6 is 0 Å². The van der Waals surface area contributed by atoms with Gasteiger partial charge in [-0.3, -0.25) is 14.4 Å². The second-order valence-electron chi connectivity index (χ2n) is 17.1. The van der Waals surface area contributed by atoms with E-state index in [2.05, 4.69) is 99.8 Å². The van der Waals surface area contributed by atoms with Crippen molar-refractivity contribution >= 4 is 17.9 Å². The lowest BCUT2D eigenvalue weighted by atomic mass is 10.1. The Hall–Kier alpha value is -3.41. The van der Waals surface area contributed by atoms with Crippen LogP contribution in [0.2, 0.25) is 0 Å². The first kappa shape index (κ1) is 59.6. The Labute approximate surface area is 388 Å². The van der Waals surface area contributed by atoms with Crippen molar-refractivity contribution in [2.75, 3.05) is 13.2 Å². The van der Waals surface area contributed by atoms with Gasteiger partial charge < -0.3 is 14.2 Å². The Bertz CT molecular complexity index is 1240. The maximum absolute atomic E-state index is 12.8. The van der Waals surface area contributed by atoms with Crippen molar-refractivity contribution in [3.8, 4) is 0 Å². The lowest BCUT2D eigenvalue weighted by Gasteiger charge is -2.18. The highest BCUT2D eigenvalue weighted by atomic mass is 16.6. The van der Waals surface area contributed by atoms with E-state index in [-0.39, 0.29) is 37.5 Å². The van der Waals surface area contributed by atoms with E-state index in [9.17, 15) is 14.4 Å². The van der Waals surface area contributed by atoms with Crippen molar-refractivity contribution < 1.29 is 28.6 Å². The summed E-state index contributed by atoms with van der Waals surface area (Å²) in [6.45, 7) is 6.39. The van der Waals surface area contributed by atoms with Crippen LogP contribution in [0.4, 0.5) is 0 Å². The number of unbranched alkanes of at least 4 members (excludes halogenated alkanes) is 24. The fourth-order valence-corrected chi connectivity index (χ4v) is 7.01. The summed E-state index contributed by atoms with van der Waals surface area (Å²) in [6.07, 6.45) is 65.8. The fourth-order valence-electron chi connectivity index (χ4n) is 7.01. The molecule has 0 heterocycles. The van der Waals surface area contributed by atoms with E-state index in [1.807, 2.05) is 6.08 Å². The van der Waals surface area contributed by atoms with E-state index in [1.54, 1.807) is 0 Å². The maximum Gasteiger partial charge on any atom is 0.306 e. The topological polar surface area (TPSA) is 78.9 Å². The molecular weight excluding hydrogens is 781 g/mol. The van der Waals surface area contributed by atoms with Gasteiger partial charge >= 0.3 is 17.9 Å². The molecule has 0 rings (SSSR count). The fraction of sp³-hybridized carbons (Fsp3) is 0.702. The highest BCUT2D eigenvalue weighted by Crippen LogP contribution is 2.14. The lowest BCUT2D eigenvalue weighted by molar-refractivity contribution is -0.166. The van der Waals surface area contributed by atoms with Gasteiger partial charge in [0.2, 0.25) is 0 Å². The van der Waals surface area contributed by atoms with Crippen LogP contribution in [0, 0.1) is 0 Å². The lowest BCUT2D eigenvalue weighted by Crippen LogP contribution is -2.30. The Morgan fingerprint density at radius 1 is 0.349 bits per heavy atom. The Morgan fingerprint density at radius 2 is 0.714 bits per heavy atom. The van der Waals surface area contributed by atoms with Gasteiger partial charge in [0.15, 0.2) is 6.10 Å². The maximum atomic E-state index is 12.8. The molecule has 0 N–H and O–H groups in total. The monoisotopic (exact) mass is 877 g/mol. The van der Waals surface area contributed by atoms with E-state index in [1.165, 1.54) is 116 Å². The Morgan fingerprint density at radius 3 is 1.22 bits per heavy atom. The number of hydrogen-bond acceptors (Lipinski definition) is 6. The molecule has 0 aliphatic heterocycles. The number of esters is 3. The van der Waals surface area contributed by atoms with Crippen LogP contribution in [0.5, 0.6) is 0 Å². The average molecular weight is 877 g/mol. The average Bonchev–Trinajstić information content (AvgIpc) is 3.28. The van der Waals surface area contributed by atoms with Crippen LogP contribution in [0.1, 0.15) is 239 Å². The van der Waals surface area contributed by atoms with Gasteiger partial charge in [-0.15, -0.1) is 0 Å². The zero-order valence-corrected chi connectivity index (χ0v) is 41.1. The summed E-state index contributed by atoms with van der Waals surface area (Å²) in [4.78, 5) is 37.9. The predicted molar refractivity (Wildman–Crippen MR) is 270 cm³/mol. The van der Waals surface area contributed by atoms with Crippen LogP contribution in [-0.2, 0) is 28.6 Å². The molecule has 0 fully saturated rings. The number of allylic oxidation sites excluding steroid dienone is 14. The third kappa shape index (κ3) is 49.5. The molecule has 0 aromatic carbocycles. The van der Waals surface area contributed by atoms with Crippen LogP contribution in [0.25, 0.3) is 0 Å². The van der Waals surface area contributed by atoms with Crippen LogP contribution in [0.3, 0.4) is 0 Å². The molecule has 0 aromatic heterocycles. The van der Waals surface area contributed by atoms with Crippen molar-refractivity contribution in [1.29, 1.82) is 0 Å². The van der Waals surface area contributed by atoms with E-state index in [0.717, 1.165) is 77.0 Å². The standard InChI is InChI=1S/C57H96O6/c1-4-7-10-13-16-19-22-25-26-27-28-29-30-33-35-38-41-44-47-50-56(59)62-53-54(63-57(60)51-48-45-42-39-36-32-24-21-18-15-12-9-6-3)52-61-55(58)49-46-43-40-37-34-31-23-20-17-14-11-8-5-2/h9,12,15-16,18-19,21-22,24-25,31,34,40,43,54H,4-8,10-11,13-14,17,20,23,26-30,32-33,35-39,41-42,44-53H2,1-3H3/b12-9+,18-15+,19-16+,24-21+,25-22+,34-31+,43-40+. The molecule has 1 unspecified atom stereocenters. The Balaban J connectivity index is 4.43. The van der Waals surface area contributed by atoms with Gasteiger partial charge in [-0.05, 0) is 83.5 Å². The number of hydrogen-bond donors (Lipinski definition) is 0. The zero-order chi connectivity index (χ0) is 45.8. The summed E-state index contributed by atoms with van der Waals surface area (Å²) in [5.74, 6) is -1.00. The van der Waals surface area contributed by atoms with Gasteiger partial charge in [0.05, 0.1) is 0 Å². The molecule has 360 valence electrons. The number of carbonyl (C=O) groups is 3. The molecule has 0 radical (unpaired) electrons. The van der Waals surface area contributed by atoms with E-state index < -0.39 is 6.10 Å². The number of rotatable bonds is 46. The minimum atomic E-state index is -0.810. The van der Waals surface area contributed by atoms with E-state index >= 15 is 0 Å². The summed E-state index contributed by atoms with van der Waals surface area (Å²) in [6, 6.07) is 0. The molecule has 63 heavy (non-hydrogen) atoms. The second-order valence-corrected chi connectivity index (χ2v) is 17.1. The quantitative estimate of drug-likeness (QED) is 0.0199. The van der Waals surface area contributed by atoms with Crippen LogP contribution < -0.4 is 0 Å². The predicted octanol–water partition coefficient (Wildman–Crippen LogP) is 17.2. The van der Waals surface area contributed by atoms with Crippen molar-refractivity contribution in [2.45, 2.75) is 245 Å². The minimum absolute atomic E-state index is 0.104. The van der Waals surface area contributed by atoms with Gasteiger partial charge in [0, 0.05) is 19.3 Å². The molecule has 6 heteroatoms. The second kappa shape index (κ2) is 51.2. The third-order valence-electron chi connectivity index (χ3n) is 11.0. The molecule has 0 saturated heterocycles. The zero-order valence-electron chi connectivity index (χ0n) is 41.1. The summed E-state index contributed by atoms with van der Waals surface area (Å²) in [5.41, 5.74) is 0. The molecular formula is C57H96O6. The SMILES string of the molecule is CC/C=C/C=C/C=C/CCCCCCCC(=O)OC(COC(=O)CC/C=C/C/C=C/CCCCCCCC)COC(=O)CCCCCCCCCCCC/C=C/C=C/CCCCC. The van der Waals surface area contributed by atoms with Gasteiger partial charge in [-0.2, -0.15) is 0 Å². The molecule has 0 spiro atoms. The molecule has 0 aromatic rings. The molecule has 0 bridgehead atoms. The summed E-state index contributed by atoms with van der Waals surface area (Å²) < 4.78 is 16.7. The molecule has 0 aliphatic rings. The minimum Gasteiger partial charge on any atom is -0.462 e. The molecule has 1 atom stereocenters. The highest BCUT2D eigenvalue weighted by Gasteiger charge is 2.19. The third-order valence-corrected chi connectivity index (χ3v) is 11.0. The van der Waals surface area contributed by atoms with Gasteiger partial charge in [-0.1, -0.05) is 221 Å². The molecule has 6 nitrogen and oxygen atoms in total. The molecule has 0 amide bonds. The van der Waals surface area contributed by atoms with Gasteiger partial charge in [-0.25, -0.2) is 0 Å². The van der Waals surface area contributed by atoms with Crippen LogP contribution in [0.15, 0.2) is 85.1 Å². The number of ether oxygens (including phenoxy) is 3. The van der Waals surface area contributed by atoms with Gasteiger partial charge in [0.25, 0.3) is 0 Å². The highest BCUT2D eigenvalue weighted by molar-refractivity contribution is 5.71. The summed E-state index contributed by atoms with van der Waals surface area (Å²) in [5, 5.41) is 0. The molecule has 0 saturated carbocycles.